The van der Waals surface area contributed by atoms with Gasteiger partial charge in [-0.15, -0.1) is 0 Å². The monoisotopic (exact) mass is 390 g/mol. The van der Waals surface area contributed by atoms with Crippen molar-refractivity contribution in [2.24, 2.45) is 29.6 Å². The van der Waals surface area contributed by atoms with Gasteiger partial charge in [-0.05, 0) is 67.9 Å². The van der Waals surface area contributed by atoms with Crippen molar-refractivity contribution in [1.82, 2.24) is 0 Å². The van der Waals surface area contributed by atoms with Crippen molar-refractivity contribution in [2.45, 2.75) is 122 Å². The Labute approximate surface area is 170 Å². The van der Waals surface area contributed by atoms with Crippen LogP contribution in [0, 0.1) is 29.6 Å². The number of hydrogen-bond donors (Lipinski definition) is 0. The Bertz CT molecular complexity index is 511. The molecule has 0 aromatic carbocycles. The molecule has 1 nitrogen and oxygen atoms in total. The van der Waals surface area contributed by atoms with E-state index in [1.54, 1.807) is 25.7 Å². The van der Waals surface area contributed by atoms with Crippen molar-refractivity contribution in [2.75, 3.05) is 6.23 Å². The van der Waals surface area contributed by atoms with Gasteiger partial charge in [0.15, 0.2) is 0 Å². The zero-order valence-electron chi connectivity index (χ0n) is 18.9. The average molecular weight is 391 g/mol. The summed E-state index contributed by atoms with van der Waals surface area (Å²) in [6.45, 7) is 12.3. The van der Waals surface area contributed by atoms with Gasteiger partial charge in [0.25, 0.3) is 0 Å². The van der Waals surface area contributed by atoms with Crippen molar-refractivity contribution < 1.29 is 4.74 Å². The van der Waals surface area contributed by atoms with Gasteiger partial charge in [0.05, 0.1) is 13.7 Å². The molecule has 156 valence electrons. The van der Waals surface area contributed by atoms with Gasteiger partial charge in [0.2, 0.25) is 0 Å². The Balaban J connectivity index is 1.63. The third-order valence-electron chi connectivity index (χ3n) is 9.47. The fraction of sp³-hybridized carbons (Fsp3) is 1.00. The van der Waals surface area contributed by atoms with Gasteiger partial charge < -0.3 is 4.74 Å². The normalized spacial score (nSPS) is 44.6. The molecule has 8 atom stereocenters. The Morgan fingerprint density at radius 1 is 0.815 bits per heavy atom. The van der Waals surface area contributed by atoms with Crippen molar-refractivity contribution in [1.29, 1.82) is 0 Å². The molecule has 2 heteroatoms. The van der Waals surface area contributed by atoms with Crippen LogP contribution in [0.5, 0.6) is 0 Å². The highest BCUT2D eigenvalue weighted by molar-refractivity contribution is 6.81. The SMILES string of the molecule is CC1CC2CCCCC2C1[Si](C)(COC(C)(C)C)C1CCC2CCCCC21. The van der Waals surface area contributed by atoms with Crippen molar-refractivity contribution >= 4 is 8.07 Å². The predicted octanol–water partition coefficient (Wildman–Crippen LogP) is 7.61. The van der Waals surface area contributed by atoms with E-state index in [9.17, 15) is 0 Å². The first-order valence-corrected chi connectivity index (χ1v) is 15.3. The minimum atomic E-state index is -1.49. The zero-order valence-corrected chi connectivity index (χ0v) is 19.9. The summed E-state index contributed by atoms with van der Waals surface area (Å²) in [5.74, 6) is 5.21. The van der Waals surface area contributed by atoms with Crippen LogP contribution >= 0.6 is 0 Å². The molecule has 4 rings (SSSR count). The summed E-state index contributed by atoms with van der Waals surface area (Å²) in [5.41, 5.74) is 2.11. The molecule has 0 aromatic rings. The third-order valence-corrected chi connectivity index (χ3v) is 15.2. The largest absolute Gasteiger partial charge is 0.379 e. The maximum atomic E-state index is 6.69. The standard InChI is InChI=1S/C25H46OSi/c1-18-16-20-11-7-9-13-22(20)24(18)27(5,17-26-25(2,3)4)23-15-14-19-10-6-8-12-21(19)23/h18-24H,6-17H2,1-5H3. The van der Waals surface area contributed by atoms with E-state index in [4.69, 9.17) is 4.74 Å². The quantitative estimate of drug-likeness (QED) is 0.449. The molecule has 0 spiro atoms. The minimum absolute atomic E-state index is 0.0205. The summed E-state index contributed by atoms with van der Waals surface area (Å²) < 4.78 is 6.69. The van der Waals surface area contributed by atoms with Gasteiger partial charge in [0.1, 0.15) is 0 Å². The van der Waals surface area contributed by atoms with Gasteiger partial charge in [-0.3, -0.25) is 0 Å². The summed E-state index contributed by atoms with van der Waals surface area (Å²) in [7, 11) is -1.49. The molecule has 0 aliphatic heterocycles. The van der Waals surface area contributed by atoms with Crippen LogP contribution in [0.15, 0.2) is 0 Å². The summed E-state index contributed by atoms with van der Waals surface area (Å²) >= 11 is 0. The maximum absolute atomic E-state index is 6.69. The molecule has 4 aliphatic rings. The molecule has 0 radical (unpaired) electrons. The lowest BCUT2D eigenvalue weighted by molar-refractivity contribution is 0.0194. The first-order valence-electron chi connectivity index (χ1n) is 12.4. The number of hydrogen-bond acceptors (Lipinski definition) is 1. The van der Waals surface area contributed by atoms with Crippen LogP contribution < -0.4 is 0 Å². The molecular formula is C25H46OSi. The highest BCUT2D eigenvalue weighted by atomic mass is 28.3. The van der Waals surface area contributed by atoms with Gasteiger partial charge in [-0.1, -0.05) is 77.7 Å². The Morgan fingerprint density at radius 2 is 1.44 bits per heavy atom. The van der Waals surface area contributed by atoms with E-state index in [2.05, 4.69) is 34.2 Å². The lowest BCUT2D eigenvalue weighted by Crippen LogP contribution is -2.53. The summed E-state index contributed by atoms with van der Waals surface area (Å²) in [4.78, 5) is 0. The molecule has 0 aromatic heterocycles. The van der Waals surface area contributed by atoms with Gasteiger partial charge in [-0.25, -0.2) is 0 Å². The molecule has 0 bridgehead atoms. The smallest absolute Gasteiger partial charge is 0.0876 e. The molecular weight excluding hydrogens is 344 g/mol. The van der Waals surface area contributed by atoms with Crippen molar-refractivity contribution in [3.63, 3.8) is 0 Å². The summed E-state index contributed by atoms with van der Waals surface area (Å²) in [6.07, 6.45) is 18.0. The van der Waals surface area contributed by atoms with Crippen LogP contribution in [0.4, 0.5) is 0 Å². The van der Waals surface area contributed by atoms with Crippen LogP contribution in [0.3, 0.4) is 0 Å². The zero-order chi connectivity index (χ0) is 19.2. The van der Waals surface area contributed by atoms with E-state index in [-0.39, 0.29) is 5.60 Å². The highest BCUT2D eigenvalue weighted by Crippen LogP contribution is 2.63. The van der Waals surface area contributed by atoms with E-state index in [1.807, 2.05) is 0 Å². The average Bonchev–Trinajstić information content (AvgIpc) is 3.20. The van der Waals surface area contributed by atoms with Crippen LogP contribution in [-0.2, 0) is 4.74 Å². The minimum Gasteiger partial charge on any atom is -0.379 e. The van der Waals surface area contributed by atoms with Crippen LogP contribution in [0.2, 0.25) is 17.6 Å². The second-order valence-electron chi connectivity index (χ2n) is 12.2. The van der Waals surface area contributed by atoms with Crippen molar-refractivity contribution in [3.05, 3.63) is 0 Å². The van der Waals surface area contributed by atoms with E-state index in [1.165, 1.54) is 44.9 Å². The number of ether oxygens (including phenoxy) is 1. The molecule has 0 N–H and O–H groups in total. The van der Waals surface area contributed by atoms with Crippen LogP contribution in [0.1, 0.15) is 98.3 Å². The van der Waals surface area contributed by atoms with E-state index in [0.717, 1.165) is 46.9 Å². The van der Waals surface area contributed by atoms with E-state index in [0.29, 0.717) is 0 Å². The first kappa shape index (κ1) is 20.4. The van der Waals surface area contributed by atoms with E-state index < -0.39 is 8.07 Å². The second kappa shape index (κ2) is 7.78. The third kappa shape index (κ3) is 3.96. The molecule has 27 heavy (non-hydrogen) atoms. The van der Waals surface area contributed by atoms with Crippen molar-refractivity contribution in [3.8, 4) is 0 Å². The van der Waals surface area contributed by atoms with Gasteiger partial charge in [0, 0.05) is 6.23 Å². The first-order chi connectivity index (χ1) is 12.8. The molecule has 0 amide bonds. The molecule has 4 aliphatic carbocycles. The fourth-order valence-electron chi connectivity index (χ4n) is 8.56. The number of rotatable bonds is 4. The predicted molar refractivity (Wildman–Crippen MR) is 119 cm³/mol. The molecule has 4 saturated carbocycles. The lowest BCUT2D eigenvalue weighted by atomic mass is 9.81. The molecule has 4 fully saturated rings. The lowest BCUT2D eigenvalue weighted by Gasteiger charge is -2.48. The Morgan fingerprint density at radius 3 is 2.15 bits per heavy atom. The maximum Gasteiger partial charge on any atom is 0.0876 e. The molecule has 0 saturated heterocycles. The topological polar surface area (TPSA) is 9.23 Å². The highest BCUT2D eigenvalue weighted by Gasteiger charge is 2.58. The fourth-order valence-corrected chi connectivity index (χ4v) is 15.3. The Kier molecular flexibility index (Phi) is 5.89. The summed E-state index contributed by atoms with van der Waals surface area (Å²) in [5, 5.41) is 0. The number of fused-ring (bicyclic) bond motifs is 2. The van der Waals surface area contributed by atoms with Crippen LogP contribution in [-0.4, -0.2) is 19.9 Å². The summed E-state index contributed by atoms with van der Waals surface area (Å²) in [6, 6.07) is 0. The van der Waals surface area contributed by atoms with Gasteiger partial charge in [-0.2, -0.15) is 0 Å². The van der Waals surface area contributed by atoms with E-state index >= 15 is 0 Å². The van der Waals surface area contributed by atoms with Gasteiger partial charge >= 0.3 is 0 Å². The van der Waals surface area contributed by atoms with Crippen LogP contribution in [0.25, 0.3) is 0 Å². The Hall–Kier alpha value is 0.177. The second-order valence-corrected chi connectivity index (χ2v) is 17.0. The molecule has 0 heterocycles. The molecule has 8 unspecified atom stereocenters.